The van der Waals surface area contributed by atoms with Gasteiger partial charge < -0.3 is 15.6 Å². The number of H-pyrrole nitrogens is 1. The summed E-state index contributed by atoms with van der Waals surface area (Å²) in [4.78, 5) is 14.1. The first-order valence-electron chi connectivity index (χ1n) is 4.53. The van der Waals surface area contributed by atoms with E-state index in [1.807, 2.05) is 18.5 Å². The van der Waals surface area contributed by atoms with Gasteiger partial charge in [-0.3, -0.25) is 4.79 Å². The summed E-state index contributed by atoms with van der Waals surface area (Å²) >= 11 is 0. The van der Waals surface area contributed by atoms with Crippen LogP contribution in [-0.4, -0.2) is 24.0 Å². The molecule has 0 saturated carbocycles. The van der Waals surface area contributed by atoms with Gasteiger partial charge in [-0.1, -0.05) is 6.08 Å². The standard InChI is InChI=1S/C10H15N3O/c1-2-4-11-8-10(14)13-7-9-3-5-12-6-9/h2-3,5-6,11-12H,1,4,7-8H2,(H,13,14). The fourth-order valence-corrected chi connectivity index (χ4v) is 1.02. The summed E-state index contributed by atoms with van der Waals surface area (Å²) < 4.78 is 0. The summed E-state index contributed by atoms with van der Waals surface area (Å²) in [6.45, 7) is 5.09. The SMILES string of the molecule is C=CCNCC(=O)NCc1cc[nH]c1. The van der Waals surface area contributed by atoms with Gasteiger partial charge in [0.25, 0.3) is 0 Å². The zero-order chi connectivity index (χ0) is 10.2. The summed E-state index contributed by atoms with van der Waals surface area (Å²) in [6.07, 6.45) is 5.41. The van der Waals surface area contributed by atoms with Crippen molar-refractivity contribution in [1.29, 1.82) is 0 Å². The predicted octanol–water partition coefficient (Wildman–Crippen LogP) is 0.406. The number of hydrogen-bond donors (Lipinski definition) is 3. The second-order valence-electron chi connectivity index (χ2n) is 2.92. The lowest BCUT2D eigenvalue weighted by atomic mass is 10.3. The van der Waals surface area contributed by atoms with Crippen molar-refractivity contribution in [3.05, 3.63) is 36.7 Å². The van der Waals surface area contributed by atoms with Crippen LogP contribution in [0.5, 0.6) is 0 Å². The van der Waals surface area contributed by atoms with E-state index in [4.69, 9.17) is 0 Å². The molecule has 0 fully saturated rings. The smallest absolute Gasteiger partial charge is 0.234 e. The van der Waals surface area contributed by atoms with E-state index in [0.29, 0.717) is 19.6 Å². The van der Waals surface area contributed by atoms with Gasteiger partial charge in [0.05, 0.1) is 6.54 Å². The highest BCUT2D eigenvalue weighted by atomic mass is 16.1. The van der Waals surface area contributed by atoms with E-state index in [1.54, 1.807) is 6.08 Å². The van der Waals surface area contributed by atoms with Gasteiger partial charge in [0.2, 0.25) is 5.91 Å². The number of hydrogen-bond acceptors (Lipinski definition) is 2. The Labute approximate surface area is 83.4 Å². The van der Waals surface area contributed by atoms with Gasteiger partial charge in [0.15, 0.2) is 0 Å². The predicted molar refractivity (Wildman–Crippen MR) is 55.7 cm³/mol. The zero-order valence-corrected chi connectivity index (χ0v) is 8.05. The number of rotatable bonds is 6. The lowest BCUT2D eigenvalue weighted by molar-refractivity contribution is -0.120. The highest BCUT2D eigenvalue weighted by Gasteiger charge is 1.99. The van der Waals surface area contributed by atoms with Crippen LogP contribution < -0.4 is 10.6 Å². The van der Waals surface area contributed by atoms with E-state index in [2.05, 4.69) is 22.2 Å². The van der Waals surface area contributed by atoms with Crippen molar-refractivity contribution in [2.75, 3.05) is 13.1 Å². The van der Waals surface area contributed by atoms with Crippen LogP contribution in [0.4, 0.5) is 0 Å². The first-order valence-corrected chi connectivity index (χ1v) is 4.53. The largest absolute Gasteiger partial charge is 0.367 e. The molecule has 0 spiro atoms. The summed E-state index contributed by atoms with van der Waals surface area (Å²) in [5.74, 6) is -0.00644. The van der Waals surface area contributed by atoms with E-state index < -0.39 is 0 Å². The highest BCUT2D eigenvalue weighted by molar-refractivity contribution is 5.77. The van der Waals surface area contributed by atoms with E-state index >= 15 is 0 Å². The van der Waals surface area contributed by atoms with Crippen LogP contribution in [0.2, 0.25) is 0 Å². The second kappa shape index (κ2) is 5.99. The molecule has 0 aliphatic rings. The normalized spacial score (nSPS) is 9.71. The van der Waals surface area contributed by atoms with Gasteiger partial charge in [-0.25, -0.2) is 0 Å². The Morgan fingerprint density at radius 3 is 3.14 bits per heavy atom. The number of nitrogens with one attached hydrogen (secondary N) is 3. The molecule has 4 nitrogen and oxygen atoms in total. The Morgan fingerprint density at radius 1 is 1.64 bits per heavy atom. The Morgan fingerprint density at radius 2 is 2.50 bits per heavy atom. The van der Waals surface area contributed by atoms with Gasteiger partial charge in [0.1, 0.15) is 0 Å². The molecule has 3 N–H and O–H groups in total. The molecule has 76 valence electrons. The van der Waals surface area contributed by atoms with Gasteiger partial charge in [-0.05, 0) is 11.6 Å². The summed E-state index contributed by atoms with van der Waals surface area (Å²) in [5.41, 5.74) is 1.07. The van der Waals surface area contributed by atoms with Crippen LogP contribution in [0.25, 0.3) is 0 Å². The fraction of sp³-hybridized carbons (Fsp3) is 0.300. The molecule has 1 aromatic heterocycles. The molecule has 0 saturated heterocycles. The Hall–Kier alpha value is -1.55. The summed E-state index contributed by atoms with van der Waals surface area (Å²) in [5, 5.41) is 5.72. The number of carbonyl (C=O) groups excluding carboxylic acids is 1. The maximum Gasteiger partial charge on any atom is 0.234 e. The van der Waals surface area contributed by atoms with Crippen molar-refractivity contribution in [3.8, 4) is 0 Å². The monoisotopic (exact) mass is 193 g/mol. The topological polar surface area (TPSA) is 56.9 Å². The summed E-state index contributed by atoms with van der Waals surface area (Å²) in [7, 11) is 0. The third-order valence-corrected chi connectivity index (χ3v) is 1.73. The molecule has 0 aromatic carbocycles. The molecule has 1 heterocycles. The van der Waals surface area contributed by atoms with Crippen molar-refractivity contribution < 1.29 is 4.79 Å². The van der Waals surface area contributed by atoms with E-state index in [1.165, 1.54) is 0 Å². The van der Waals surface area contributed by atoms with Crippen molar-refractivity contribution in [2.45, 2.75) is 6.54 Å². The Bertz CT molecular complexity index is 280. The molecule has 4 heteroatoms. The number of aromatic nitrogens is 1. The van der Waals surface area contributed by atoms with Crippen LogP contribution in [0.3, 0.4) is 0 Å². The average Bonchev–Trinajstić information content (AvgIpc) is 2.68. The molecule has 1 amide bonds. The molecular formula is C10H15N3O. The molecule has 1 rings (SSSR count). The molecule has 0 atom stereocenters. The van der Waals surface area contributed by atoms with Crippen molar-refractivity contribution >= 4 is 5.91 Å². The summed E-state index contributed by atoms with van der Waals surface area (Å²) in [6, 6.07) is 1.93. The lowest BCUT2D eigenvalue weighted by Gasteiger charge is -2.03. The molecule has 14 heavy (non-hydrogen) atoms. The third kappa shape index (κ3) is 3.91. The average molecular weight is 193 g/mol. The number of carbonyl (C=O) groups is 1. The molecule has 0 aliphatic carbocycles. The molecular weight excluding hydrogens is 178 g/mol. The van der Waals surface area contributed by atoms with E-state index in [0.717, 1.165) is 5.56 Å². The van der Waals surface area contributed by atoms with Gasteiger partial charge in [-0.15, -0.1) is 6.58 Å². The quantitative estimate of drug-likeness (QED) is 0.452. The molecule has 0 unspecified atom stereocenters. The second-order valence-corrected chi connectivity index (χ2v) is 2.92. The first kappa shape index (κ1) is 10.5. The van der Waals surface area contributed by atoms with E-state index in [9.17, 15) is 4.79 Å². The number of amides is 1. The Kier molecular flexibility index (Phi) is 4.50. The third-order valence-electron chi connectivity index (χ3n) is 1.73. The first-order chi connectivity index (χ1) is 6.83. The van der Waals surface area contributed by atoms with Gasteiger partial charge in [-0.2, -0.15) is 0 Å². The zero-order valence-electron chi connectivity index (χ0n) is 8.05. The maximum atomic E-state index is 11.2. The molecule has 0 radical (unpaired) electrons. The van der Waals surface area contributed by atoms with Crippen LogP contribution >= 0.6 is 0 Å². The van der Waals surface area contributed by atoms with Crippen molar-refractivity contribution in [3.63, 3.8) is 0 Å². The molecule has 0 bridgehead atoms. The van der Waals surface area contributed by atoms with Crippen LogP contribution in [0, 0.1) is 0 Å². The molecule has 0 aliphatic heterocycles. The maximum absolute atomic E-state index is 11.2. The fourth-order valence-electron chi connectivity index (χ4n) is 1.02. The minimum absolute atomic E-state index is 0.00644. The highest BCUT2D eigenvalue weighted by Crippen LogP contribution is 1.94. The van der Waals surface area contributed by atoms with Crippen LogP contribution in [-0.2, 0) is 11.3 Å². The van der Waals surface area contributed by atoms with Crippen molar-refractivity contribution in [1.82, 2.24) is 15.6 Å². The van der Waals surface area contributed by atoms with Crippen molar-refractivity contribution in [2.24, 2.45) is 0 Å². The van der Waals surface area contributed by atoms with Crippen LogP contribution in [0.15, 0.2) is 31.1 Å². The van der Waals surface area contributed by atoms with Gasteiger partial charge >= 0.3 is 0 Å². The minimum atomic E-state index is -0.00644. The molecule has 1 aromatic rings. The lowest BCUT2D eigenvalue weighted by Crippen LogP contribution is -2.33. The Balaban J connectivity index is 2.12. The van der Waals surface area contributed by atoms with E-state index in [-0.39, 0.29) is 5.91 Å². The van der Waals surface area contributed by atoms with Gasteiger partial charge in [0, 0.05) is 25.5 Å². The minimum Gasteiger partial charge on any atom is -0.367 e. The van der Waals surface area contributed by atoms with Crippen LogP contribution in [0.1, 0.15) is 5.56 Å². The number of aromatic amines is 1.